The average molecular weight is 381 g/mol. The first-order valence-electron chi connectivity index (χ1n) is 9.01. The number of pyridine rings is 1. The highest BCUT2D eigenvalue weighted by molar-refractivity contribution is 7.80. The lowest BCUT2D eigenvalue weighted by molar-refractivity contribution is 0.0684. The Morgan fingerprint density at radius 2 is 1.38 bits per heavy atom. The van der Waals surface area contributed by atoms with Crippen LogP contribution in [0.1, 0.15) is 85.7 Å². The molecule has 0 bridgehead atoms. The van der Waals surface area contributed by atoms with Crippen LogP contribution in [0.2, 0.25) is 0 Å². The molecule has 0 aliphatic carbocycles. The molecule has 0 spiro atoms. The van der Waals surface area contributed by atoms with Crippen LogP contribution in [-0.2, 0) is 0 Å². The summed E-state index contributed by atoms with van der Waals surface area (Å²) in [5, 5.41) is 17.9. The summed E-state index contributed by atoms with van der Waals surface area (Å²) < 4.78 is 5.49. The molecule has 144 valence electrons. The van der Waals surface area contributed by atoms with Crippen molar-refractivity contribution in [1.82, 2.24) is 4.98 Å². The number of unbranched alkanes of at least 4 members (excludes halogenated alkanes) is 7. The summed E-state index contributed by atoms with van der Waals surface area (Å²) >= 11 is 5.06. The maximum absolute atomic E-state index is 11.0. The predicted molar refractivity (Wildman–Crippen MR) is 103 cm³/mol. The lowest BCUT2D eigenvalue weighted by Crippen LogP contribution is -2.09. The monoisotopic (exact) mass is 381 g/mol. The van der Waals surface area contributed by atoms with Crippen LogP contribution in [0, 0.1) is 0 Å². The molecule has 1 aromatic heterocycles. The van der Waals surface area contributed by atoms with Gasteiger partial charge in [0, 0.05) is 12.1 Å². The minimum absolute atomic E-state index is 0.226. The summed E-state index contributed by atoms with van der Waals surface area (Å²) in [5.74, 6) is -2.33. The third-order valence-electron chi connectivity index (χ3n) is 3.93. The molecule has 0 aliphatic rings. The third kappa shape index (κ3) is 9.46. The molecular weight excluding hydrogens is 354 g/mol. The van der Waals surface area contributed by atoms with Crippen molar-refractivity contribution < 1.29 is 24.5 Å². The van der Waals surface area contributed by atoms with E-state index in [0.717, 1.165) is 30.5 Å². The molecule has 0 aromatic carbocycles. The fourth-order valence-electron chi connectivity index (χ4n) is 2.53. The van der Waals surface area contributed by atoms with Crippen LogP contribution in [0.4, 0.5) is 0 Å². The smallest absolute Gasteiger partial charge is 0.354 e. The van der Waals surface area contributed by atoms with Gasteiger partial charge in [0.25, 0.3) is 0 Å². The van der Waals surface area contributed by atoms with Gasteiger partial charge < -0.3 is 14.9 Å². The van der Waals surface area contributed by atoms with Crippen LogP contribution in [0.3, 0.4) is 0 Å². The highest BCUT2D eigenvalue weighted by Gasteiger charge is 2.13. The van der Waals surface area contributed by atoms with Crippen LogP contribution >= 0.6 is 12.2 Å². The molecule has 0 amide bonds. The van der Waals surface area contributed by atoms with E-state index in [9.17, 15) is 9.59 Å². The molecule has 0 saturated carbocycles. The zero-order valence-electron chi connectivity index (χ0n) is 15.2. The predicted octanol–water partition coefficient (Wildman–Crippen LogP) is 4.76. The number of aromatic nitrogens is 1. The first-order valence-corrected chi connectivity index (χ1v) is 9.42. The van der Waals surface area contributed by atoms with Crippen LogP contribution in [0.25, 0.3) is 0 Å². The lowest BCUT2D eigenvalue weighted by Gasteiger charge is -2.08. The standard InChI is InChI=1S/C19H27NO5S/c1-14(26)10-8-6-4-2-3-5-7-9-11-25-15-12-16(18(21)22)20-17(13-15)19(23)24/h12-13H,2-11H2,1H3,(H,21,22)(H,23,24). The Kier molecular flexibility index (Phi) is 10.5. The maximum atomic E-state index is 11.0. The number of hydrogen-bond acceptors (Lipinski definition) is 5. The summed E-state index contributed by atoms with van der Waals surface area (Å²) in [4.78, 5) is 26.6. The third-order valence-corrected chi connectivity index (χ3v) is 4.13. The topological polar surface area (TPSA) is 96.7 Å². The largest absolute Gasteiger partial charge is 0.493 e. The van der Waals surface area contributed by atoms with Gasteiger partial charge in [-0.3, -0.25) is 0 Å². The summed E-state index contributed by atoms with van der Waals surface area (Å²) in [6, 6.07) is 2.49. The molecule has 0 saturated heterocycles. The summed E-state index contributed by atoms with van der Waals surface area (Å²) in [6.45, 7) is 2.42. The lowest BCUT2D eigenvalue weighted by atomic mass is 10.1. The van der Waals surface area contributed by atoms with E-state index in [4.69, 9.17) is 27.2 Å². The second-order valence-electron chi connectivity index (χ2n) is 6.31. The molecule has 2 N–H and O–H groups in total. The van der Waals surface area contributed by atoms with Gasteiger partial charge in [-0.25, -0.2) is 14.6 Å². The quantitative estimate of drug-likeness (QED) is 0.354. The second-order valence-corrected chi connectivity index (χ2v) is 7.01. The minimum Gasteiger partial charge on any atom is -0.493 e. The Balaban J connectivity index is 2.19. The van der Waals surface area contributed by atoms with Crippen LogP contribution in [0.5, 0.6) is 5.75 Å². The molecule has 0 radical (unpaired) electrons. The van der Waals surface area contributed by atoms with Crippen molar-refractivity contribution in [2.24, 2.45) is 0 Å². The first kappa shape index (κ1) is 22.0. The fourth-order valence-corrected chi connectivity index (χ4v) is 2.68. The number of carboxylic acid groups (broad SMARTS) is 2. The average Bonchev–Trinajstić information content (AvgIpc) is 2.59. The van der Waals surface area contributed by atoms with Crippen molar-refractivity contribution in [3.63, 3.8) is 0 Å². The second kappa shape index (κ2) is 12.4. The van der Waals surface area contributed by atoms with Crippen LogP contribution in [-0.4, -0.2) is 38.6 Å². The van der Waals surface area contributed by atoms with Gasteiger partial charge in [-0.05, 0) is 31.1 Å². The highest BCUT2D eigenvalue weighted by atomic mass is 32.1. The molecule has 0 unspecified atom stereocenters. The van der Waals surface area contributed by atoms with E-state index in [1.54, 1.807) is 0 Å². The summed E-state index contributed by atoms with van der Waals surface area (Å²) in [5.41, 5.74) is -0.660. The summed E-state index contributed by atoms with van der Waals surface area (Å²) in [7, 11) is 0. The molecule has 1 rings (SSSR count). The molecule has 0 atom stereocenters. The Morgan fingerprint density at radius 1 is 0.923 bits per heavy atom. The van der Waals surface area contributed by atoms with Crippen molar-refractivity contribution in [3.05, 3.63) is 23.5 Å². The van der Waals surface area contributed by atoms with Gasteiger partial charge in [0.05, 0.1) is 6.61 Å². The normalized spacial score (nSPS) is 10.5. The SMILES string of the molecule is CC(=S)CCCCCCCCCCOc1cc(C(=O)O)nc(C(=O)O)c1. The molecule has 26 heavy (non-hydrogen) atoms. The maximum Gasteiger partial charge on any atom is 0.354 e. The number of nitrogens with zero attached hydrogens (tertiary/aromatic N) is 1. The van der Waals surface area contributed by atoms with E-state index >= 15 is 0 Å². The number of rotatable bonds is 14. The van der Waals surface area contributed by atoms with Gasteiger partial charge in [-0.15, -0.1) is 0 Å². The van der Waals surface area contributed by atoms with Crippen LogP contribution < -0.4 is 4.74 Å². The van der Waals surface area contributed by atoms with E-state index in [2.05, 4.69) is 4.98 Å². The summed E-state index contributed by atoms with van der Waals surface area (Å²) in [6.07, 6.45) is 10.1. The molecule has 1 aromatic rings. The number of thiocarbonyl (C=S) groups is 1. The Hall–Kier alpha value is -2.02. The van der Waals surface area contributed by atoms with Gasteiger partial charge >= 0.3 is 11.9 Å². The van der Waals surface area contributed by atoms with E-state index < -0.39 is 11.9 Å². The van der Waals surface area contributed by atoms with Crippen molar-refractivity contribution in [2.45, 2.75) is 64.7 Å². The molecular formula is C19H27NO5S. The van der Waals surface area contributed by atoms with Crippen molar-refractivity contribution >= 4 is 29.0 Å². The zero-order chi connectivity index (χ0) is 19.4. The Morgan fingerprint density at radius 3 is 1.85 bits per heavy atom. The Labute approximate surface area is 159 Å². The molecule has 0 fully saturated rings. The van der Waals surface area contributed by atoms with Gasteiger partial charge in [-0.1, -0.05) is 50.7 Å². The number of aromatic carboxylic acids is 2. The molecule has 0 aliphatic heterocycles. The molecule has 7 heteroatoms. The van der Waals surface area contributed by atoms with E-state index in [1.165, 1.54) is 44.2 Å². The highest BCUT2D eigenvalue weighted by Crippen LogP contribution is 2.16. The molecule has 6 nitrogen and oxygen atoms in total. The number of hydrogen-bond donors (Lipinski definition) is 2. The number of ether oxygens (including phenoxy) is 1. The number of carbonyl (C=O) groups is 2. The zero-order valence-corrected chi connectivity index (χ0v) is 16.0. The van der Waals surface area contributed by atoms with Gasteiger partial charge in [0.2, 0.25) is 0 Å². The Bertz CT molecular complexity index is 586. The van der Waals surface area contributed by atoms with Gasteiger partial charge in [0.1, 0.15) is 5.75 Å². The number of carboxylic acids is 2. The van der Waals surface area contributed by atoms with E-state index in [1.807, 2.05) is 6.92 Å². The van der Waals surface area contributed by atoms with Crippen molar-refractivity contribution in [2.75, 3.05) is 6.61 Å². The fraction of sp³-hybridized carbons (Fsp3) is 0.579. The minimum atomic E-state index is -1.28. The van der Waals surface area contributed by atoms with Crippen molar-refractivity contribution in [3.8, 4) is 5.75 Å². The van der Waals surface area contributed by atoms with Crippen LogP contribution in [0.15, 0.2) is 12.1 Å². The van der Waals surface area contributed by atoms with Gasteiger partial charge in [-0.2, -0.15) is 0 Å². The molecule has 1 heterocycles. The van der Waals surface area contributed by atoms with Gasteiger partial charge in [0.15, 0.2) is 11.4 Å². The van der Waals surface area contributed by atoms with Crippen molar-refractivity contribution in [1.29, 1.82) is 0 Å². The first-order chi connectivity index (χ1) is 12.4. The van der Waals surface area contributed by atoms with E-state index in [0.29, 0.717) is 6.61 Å². The van der Waals surface area contributed by atoms with E-state index in [-0.39, 0.29) is 17.1 Å².